The first-order valence-electron chi connectivity index (χ1n) is 4.27. The average Bonchev–Trinajstić information content (AvgIpc) is 2.51. The molecular weight excluding hydrogens is 158 g/mol. The van der Waals surface area contributed by atoms with Gasteiger partial charge in [0.15, 0.2) is 0 Å². The molecule has 2 N–H and O–H groups in total. The molecule has 0 bridgehead atoms. The quantitative estimate of drug-likeness (QED) is 0.614. The third kappa shape index (κ3) is 2.79. The lowest BCUT2D eigenvalue weighted by Gasteiger charge is -2.11. The molecule has 0 aliphatic carbocycles. The van der Waals surface area contributed by atoms with Crippen LogP contribution < -0.4 is 5.32 Å². The molecule has 1 saturated heterocycles. The summed E-state index contributed by atoms with van der Waals surface area (Å²) >= 11 is 0. The number of carbonyl (C=O) groups excluding carboxylic acids is 1. The Morgan fingerprint density at radius 1 is 1.83 bits per heavy atom. The predicted molar refractivity (Wildman–Crippen MR) is 43.7 cm³/mol. The molecule has 0 aromatic heterocycles. The van der Waals surface area contributed by atoms with Crippen molar-refractivity contribution >= 4 is 5.91 Å². The Kier molecular flexibility index (Phi) is 3.49. The second-order valence-electron chi connectivity index (χ2n) is 3.10. The van der Waals surface area contributed by atoms with Crippen molar-refractivity contribution < 1.29 is 14.6 Å². The first kappa shape index (κ1) is 9.48. The number of amides is 1. The van der Waals surface area contributed by atoms with Gasteiger partial charge in [0, 0.05) is 13.2 Å². The first-order valence-corrected chi connectivity index (χ1v) is 4.27. The molecule has 0 saturated carbocycles. The van der Waals surface area contributed by atoms with E-state index in [9.17, 15) is 4.79 Å². The van der Waals surface area contributed by atoms with Crippen molar-refractivity contribution in [2.75, 3.05) is 13.2 Å². The maximum atomic E-state index is 11.2. The number of rotatable bonds is 3. The Morgan fingerprint density at radius 3 is 3.08 bits per heavy atom. The van der Waals surface area contributed by atoms with Gasteiger partial charge in [-0.3, -0.25) is 4.79 Å². The molecule has 1 amide bonds. The fourth-order valence-corrected chi connectivity index (χ4v) is 1.15. The van der Waals surface area contributed by atoms with Crippen LogP contribution >= 0.6 is 0 Å². The zero-order valence-corrected chi connectivity index (χ0v) is 7.25. The minimum Gasteiger partial charge on any atom is -0.392 e. The fourth-order valence-electron chi connectivity index (χ4n) is 1.15. The molecule has 1 aliphatic heterocycles. The van der Waals surface area contributed by atoms with Crippen LogP contribution in [0.15, 0.2) is 0 Å². The summed E-state index contributed by atoms with van der Waals surface area (Å²) in [6, 6.07) is 0. The summed E-state index contributed by atoms with van der Waals surface area (Å²) in [7, 11) is 0. The number of aliphatic hydroxyl groups is 1. The SMILES string of the molecule is C[C@@H](O)CNC(=O)[C@@H]1CCCO1. The van der Waals surface area contributed by atoms with Crippen LogP contribution in [-0.4, -0.2) is 36.4 Å². The van der Waals surface area contributed by atoms with E-state index >= 15 is 0 Å². The molecule has 70 valence electrons. The summed E-state index contributed by atoms with van der Waals surface area (Å²) in [5.41, 5.74) is 0. The third-order valence-corrected chi connectivity index (χ3v) is 1.79. The van der Waals surface area contributed by atoms with Crippen molar-refractivity contribution in [3.8, 4) is 0 Å². The van der Waals surface area contributed by atoms with E-state index in [0.29, 0.717) is 13.2 Å². The Morgan fingerprint density at radius 2 is 2.58 bits per heavy atom. The molecule has 4 nitrogen and oxygen atoms in total. The maximum absolute atomic E-state index is 11.2. The molecule has 12 heavy (non-hydrogen) atoms. The molecule has 1 heterocycles. The summed E-state index contributed by atoms with van der Waals surface area (Å²) in [6.07, 6.45) is 0.970. The van der Waals surface area contributed by atoms with E-state index in [2.05, 4.69) is 5.32 Å². The summed E-state index contributed by atoms with van der Waals surface area (Å²) in [4.78, 5) is 11.2. The standard InChI is InChI=1S/C8H15NO3/c1-6(10)5-9-8(11)7-3-2-4-12-7/h6-7,10H,2-5H2,1H3,(H,9,11)/t6-,7+/m1/s1. The van der Waals surface area contributed by atoms with E-state index in [-0.39, 0.29) is 12.0 Å². The highest BCUT2D eigenvalue weighted by atomic mass is 16.5. The van der Waals surface area contributed by atoms with Gasteiger partial charge < -0.3 is 15.2 Å². The smallest absolute Gasteiger partial charge is 0.249 e. The zero-order chi connectivity index (χ0) is 8.97. The Bertz CT molecular complexity index is 152. The molecule has 2 atom stereocenters. The van der Waals surface area contributed by atoms with Gasteiger partial charge in [0.2, 0.25) is 5.91 Å². The summed E-state index contributed by atoms with van der Waals surface area (Å²) in [6.45, 7) is 2.61. The van der Waals surface area contributed by atoms with Crippen LogP contribution in [0.1, 0.15) is 19.8 Å². The third-order valence-electron chi connectivity index (χ3n) is 1.79. The van der Waals surface area contributed by atoms with Gasteiger partial charge in [-0.25, -0.2) is 0 Å². The van der Waals surface area contributed by atoms with E-state index in [4.69, 9.17) is 9.84 Å². The lowest BCUT2D eigenvalue weighted by molar-refractivity contribution is -0.130. The van der Waals surface area contributed by atoms with E-state index in [1.807, 2.05) is 0 Å². The highest BCUT2D eigenvalue weighted by Gasteiger charge is 2.23. The van der Waals surface area contributed by atoms with Crippen molar-refractivity contribution in [1.82, 2.24) is 5.32 Å². The van der Waals surface area contributed by atoms with Gasteiger partial charge >= 0.3 is 0 Å². The van der Waals surface area contributed by atoms with Gasteiger partial charge in [-0.05, 0) is 19.8 Å². The molecule has 1 fully saturated rings. The molecule has 1 aliphatic rings. The fraction of sp³-hybridized carbons (Fsp3) is 0.875. The van der Waals surface area contributed by atoms with Crippen LogP contribution in [0.5, 0.6) is 0 Å². The number of carbonyl (C=O) groups is 1. The zero-order valence-electron chi connectivity index (χ0n) is 7.25. The second kappa shape index (κ2) is 4.42. The Labute approximate surface area is 71.9 Å². The topological polar surface area (TPSA) is 58.6 Å². The molecule has 4 heteroatoms. The summed E-state index contributed by atoms with van der Waals surface area (Å²) < 4.78 is 5.15. The molecule has 0 radical (unpaired) electrons. The molecule has 0 unspecified atom stereocenters. The Balaban J connectivity index is 2.18. The first-order chi connectivity index (χ1) is 5.70. The van der Waals surface area contributed by atoms with Crippen LogP contribution in [0.4, 0.5) is 0 Å². The molecule has 1 rings (SSSR count). The lowest BCUT2D eigenvalue weighted by atomic mass is 10.2. The number of hydrogen-bond acceptors (Lipinski definition) is 3. The summed E-state index contributed by atoms with van der Waals surface area (Å²) in [5.74, 6) is -0.103. The van der Waals surface area contributed by atoms with Crippen molar-refractivity contribution in [2.45, 2.75) is 32.0 Å². The summed E-state index contributed by atoms with van der Waals surface area (Å²) in [5, 5.41) is 11.5. The second-order valence-corrected chi connectivity index (χ2v) is 3.10. The number of ether oxygens (including phenoxy) is 1. The largest absolute Gasteiger partial charge is 0.392 e. The van der Waals surface area contributed by atoms with Crippen molar-refractivity contribution in [1.29, 1.82) is 0 Å². The van der Waals surface area contributed by atoms with E-state index in [1.54, 1.807) is 6.92 Å². The number of aliphatic hydroxyl groups excluding tert-OH is 1. The van der Waals surface area contributed by atoms with Crippen LogP contribution in [-0.2, 0) is 9.53 Å². The van der Waals surface area contributed by atoms with E-state index < -0.39 is 6.10 Å². The number of nitrogens with one attached hydrogen (secondary N) is 1. The Hall–Kier alpha value is -0.610. The molecule has 0 aromatic rings. The van der Waals surface area contributed by atoms with Gasteiger partial charge in [-0.1, -0.05) is 0 Å². The monoisotopic (exact) mass is 173 g/mol. The van der Waals surface area contributed by atoms with Gasteiger partial charge in [0.05, 0.1) is 6.10 Å². The van der Waals surface area contributed by atoms with Gasteiger partial charge in [0.25, 0.3) is 0 Å². The molecular formula is C8H15NO3. The minimum atomic E-state index is -0.490. The molecule has 0 spiro atoms. The van der Waals surface area contributed by atoms with Crippen LogP contribution in [0.2, 0.25) is 0 Å². The highest BCUT2D eigenvalue weighted by molar-refractivity contribution is 5.80. The van der Waals surface area contributed by atoms with Crippen molar-refractivity contribution in [2.24, 2.45) is 0 Å². The highest BCUT2D eigenvalue weighted by Crippen LogP contribution is 2.11. The average molecular weight is 173 g/mol. The van der Waals surface area contributed by atoms with Crippen LogP contribution in [0.25, 0.3) is 0 Å². The molecule has 0 aromatic carbocycles. The van der Waals surface area contributed by atoms with E-state index in [1.165, 1.54) is 0 Å². The maximum Gasteiger partial charge on any atom is 0.249 e. The van der Waals surface area contributed by atoms with E-state index in [0.717, 1.165) is 12.8 Å². The number of hydrogen-bond donors (Lipinski definition) is 2. The van der Waals surface area contributed by atoms with Gasteiger partial charge in [-0.2, -0.15) is 0 Å². The van der Waals surface area contributed by atoms with Gasteiger partial charge in [0.1, 0.15) is 6.10 Å². The van der Waals surface area contributed by atoms with Crippen LogP contribution in [0.3, 0.4) is 0 Å². The predicted octanol–water partition coefficient (Wildman–Crippen LogP) is -0.338. The van der Waals surface area contributed by atoms with Crippen molar-refractivity contribution in [3.63, 3.8) is 0 Å². The van der Waals surface area contributed by atoms with Crippen LogP contribution in [0, 0.1) is 0 Å². The normalized spacial score (nSPS) is 25.3. The minimum absolute atomic E-state index is 0.103. The van der Waals surface area contributed by atoms with Gasteiger partial charge in [-0.15, -0.1) is 0 Å². The van der Waals surface area contributed by atoms with Crippen molar-refractivity contribution in [3.05, 3.63) is 0 Å². The lowest BCUT2D eigenvalue weighted by Crippen LogP contribution is -2.37.